The maximum absolute atomic E-state index is 12.4. The molecule has 0 spiro atoms. The van der Waals surface area contributed by atoms with Crippen molar-refractivity contribution in [2.75, 3.05) is 7.11 Å². The van der Waals surface area contributed by atoms with Crippen LogP contribution in [0.3, 0.4) is 0 Å². The van der Waals surface area contributed by atoms with Gasteiger partial charge in [0, 0.05) is 30.3 Å². The quantitative estimate of drug-likeness (QED) is 0.263. The van der Waals surface area contributed by atoms with Crippen LogP contribution in [0, 0.1) is 28.4 Å². The minimum absolute atomic E-state index is 0.0512. The molecule has 1 N–H and O–H groups in total. The molecule has 1 aromatic heterocycles. The number of ether oxygens (including phenoxy) is 1. The zero-order valence-electron chi connectivity index (χ0n) is 16.9. The van der Waals surface area contributed by atoms with Crippen molar-refractivity contribution in [3.63, 3.8) is 0 Å². The number of nitriles is 1. The Kier molecular flexibility index (Phi) is 6.48. The standard InChI is InChI=1S/C23H19N3O5/c1-15-3-6-18(26(28)29)12-21(15)22-10-9-20(31-22)11-17(13-24)23(27)25-14-16-4-7-19(30-2)8-5-16/h3-12H,14H2,1-2H3,(H,25,27)/b17-11-. The van der Waals surface area contributed by atoms with Crippen LogP contribution in [0.15, 0.2) is 64.6 Å². The summed E-state index contributed by atoms with van der Waals surface area (Å²) >= 11 is 0. The summed E-state index contributed by atoms with van der Waals surface area (Å²) in [6, 6.07) is 16.8. The number of hydrogen-bond donors (Lipinski definition) is 1. The van der Waals surface area contributed by atoms with E-state index in [4.69, 9.17) is 9.15 Å². The van der Waals surface area contributed by atoms with Crippen LogP contribution in [0.5, 0.6) is 5.75 Å². The van der Waals surface area contributed by atoms with Crippen molar-refractivity contribution in [2.45, 2.75) is 13.5 Å². The van der Waals surface area contributed by atoms with Gasteiger partial charge in [0.15, 0.2) is 0 Å². The van der Waals surface area contributed by atoms with Gasteiger partial charge in [-0.15, -0.1) is 0 Å². The van der Waals surface area contributed by atoms with Crippen LogP contribution in [0.4, 0.5) is 5.69 Å². The largest absolute Gasteiger partial charge is 0.497 e. The summed E-state index contributed by atoms with van der Waals surface area (Å²) in [5.41, 5.74) is 2.05. The molecule has 31 heavy (non-hydrogen) atoms. The average Bonchev–Trinajstić information content (AvgIpc) is 3.24. The van der Waals surface area contributed by atoms with Gasteiger partial charge in [0.2, 0.25) is 0 Å². The summed E-state index contributed by atoms with van der Waals surface area (Å²) in [7, 11) is 1.57. The van der Waals surface area contributed by atoms with Crippen molar-refractivity contribution >= 4 is 17.7 Å². The van der Waals surface area contributed by atoms with E-state index < -0.39 is 10.8 Å². The number of aryl methyl sites for hydroxylation is 1. The Hall–Kier alpha value is -4.38. The number of furan rings is 1. The Balaban J connectivity index is 1.75. The summed E-state index contributed by atoms with van der Waals surface area (Å²) in [5, 5.41) is 23.1. The van der Waals surface area contributed by atoms with E-state index >= 15 is 0 Å². The molecule has 0 radical (unpaired) electrons. The molecular weight excluding hydrogens is 398 g/mol. The van der Waals surface area contributed by atoms with Crippen LogP contribution >= 0.6 is 0 Å². The minimum Gasteiger partial charge on any atom is -0.497 e. The number of amides is 1. The van der Waals surface area contributed by atoms with Crippen molar-refractivity contribution in [3.05, 3.63) is 87.2 Å². The van der Waals surface area contributed by atoms with E-state index in [2.05, 4.69) is 5.32 Å². The molecule has 1 heterocycles. The lowest BCUT2D eigenvalue weighted by atomic mass is 10.1. The van der Waals surface area contributed by atoms with Gasteiger partial charge in [-0.3, -0.25) is 14.9 Å². The second-order valence-electron chi connectivity index (χ2n) is 6.66. The Morgan fingerprint density at radius 3 is 2.61 bits per heavy atom. The summed E-state index contributed by atoms with van der Waals surface area (Å²) < 4.78 is 10.8. The van der Waals surface area contributed by atoms with Crippen molar-refractivity contribution in [1.29, 1.82) is 5.26 Å². The average molecular weight is 417 g/mol. The number of carbonyl (C=O) groups is 1. The van der Waals surface area contributed by atoms with Crippen molar-refractivity contribution < 1.29 is 18.9 Å². The zero-order chi connectivity index (χ0) is 22.4. The molecule has 0 aliphatic heterocycles. The first-order valence-electron chi connectivity index (χ1n) is 9.29. The molecule has 8 nitrogen and oxygen atoms in total. The highest BCUT2D eigenvalue weighted by Gasteiger charge is 2.14. The molecule has 8 heteroatoms. The second-order valence-corrected chi connectivity index (χ2v) is 6.66. The molecule has 2 aromatic carbocycles. The number of rotatable bonds is 7. The van der Waals surface area contributed by atoms with E-state index in [-0.39, 0.29) is 23.6 Å². The molecule has 0 unspecified atom stereocenters. The lowest BCUT2D eigenvalue weighted by Crippen LogP contribution is -2.23. The van der Waals surface area contributed by atoms with Gasteiger partial charge in [0.05, 0.1) is 12.0 Å². The van der Waals surface area contributed by atoms with Crippen LogP contribution in [0.2, 0.25) is 0 Å². The molecule has 1 amide bonds. The molecule has 0 saturated carbocycles. The molecular formula is C23H19N3O5. The summed E-state index contributed by atoms with van der Waals surface area (Å²) in [6.45, 7) is 2.06. The maximum atomic E-state index is 12.4. The van der Waals surface area contributed by atoms with Crippen molar-refractivity contribution in [2.24, 2.45) is 0 Å². The van der Waals surface area contributed by atoms with Crippen LogP contribution in [-0.2, 0) is 11.3 Å². The third-order valence-corrected chi connectivity index (χ3v) is 4.59. The Morgan fingerprint density at radius 1 is 1.23 bits per heavy atom. The molecule has 3 rings (SSSR count). The molecule has 3 aromatic rings. The first-order valence-corrected chi connectivity index (χ1v) is 9.29. The van der Waals surface area contributed by atoms with Crippen molar-refractivity contribution in [3.8, 4) is 23.1 Å². The fraction of sp³-hybridized carbons (Fsp3) is 0.130. The maximum Gasteiger partial charge on any atom is 0.270 e. The number of nitro benzene ring substituents is 1. The first-order chi connectivity index (χ1) is 14.9. The monoisotopic (exact) mass is 417 g/mol. The van der Waals surface area contributed by atoms with Crippen LogP contribution in [0.25, 0.3) is 17.4 Å². The van der Waals surface area contributed by atoms with Crippen LogP contribution in [-0.4, -0.2) is 17.9 Å². The van der Waals surface area contributed by atoms with Gasteiger partial charge in [-0.1, -0.05) is 18.2 Å². The Morgan fingerprint density at radius 2 is 1.97 bits per heavy atom. The van der Waals surface area contributed by atoms with Crippen LogP contribution in [0.1, 0.15) is 16.9 Å². The fourth-order valence-electron chi connectivity index (χ4n) is 2.88. The molecule has 0 saturated heterocycles. The highest BCUT2D eigenvalue weighted by molar-refractivity contribution is 6.01. The second kappa shape index (κ2) is 9.41. The zero-order valence-corrected chi connectivity index (χ0v) is 16.9. The lowest BCUT2D eigenvalue weighted by molar-refractivity contribution is -0.384. The minimum atomic E-state index is -0.539. The van der Waals surface area contributed by atoms with E-state index in [1.54, 1.807) is 37.4 Å². The topological polar surface area (TPSA) is 118 Å². The Labute approximate surface area is 178 Å². The molecule has 0 bridgehead atoms. The van der Waals surface area contributed by atoms with E-state index in [0.717, 1.165) is 11.1 Å². The summed E-state index contributed by atoms with van der Waals surface area (Å²) in [6.07, 6.45) is 1.33. The van der Waals surface area contributed by atoms with Gasteiger partial charge in [0.1, 0.15) is 28.9 Å². The van der Waals surface area contributed by atoms with E-state index in [1.807, 2.05) is 25.1 Å². The van der Waals surface area contributed by atoms with E-state index in [9.17, 15) is 20.2 Å². The summed E-state index contributed by atoms with van der Waals surface area (Å²) in [5.74, 6) is 0.864. The van der Waals surface area contributed by atoms with Gasteiger partial charge in [-0.25, -0.2) is 0 Å². The third-order valence-electron chi connectivity index (χ3n) is 4.59. The highest BCUT2D eigenvalue weighted by Crippen LogP contribution is 2.29. The highest BCUT2D eigenvalue weighted by atomic mass is 16.6. The number of non-ortho nitro benzene ring substituents is 1. The smallest absolute Gasteiger partial charge is 0.270 e. The first kappa shape index (κ1) is 21.3. The number of carbonyl (C=O) groups excluding carboxylic acids is 1. The molecule has 0 atom stereocenters. The number of methoxy groups -OCH3 is 1. The molecule has 0 aliphatic rings. The van der Waals surface area contributed by atoms with Gasteiger partial charge in [0.25, 0.3) is 11.6 Å². The fourth-order valence-corrected chi connectivity index (χ4v) is 2.88. The Bertz CT molecular complexity index is 1190. The number of nitrogens with one attached hydrogen (secondary N) is 1. The van der Waals surface area contributed by atoms with E-state index in [0.29, 0.717) is 17.1 Å². The van der Waals surface area contributed by atoms with Gasteiger partial charge >= 0.3 is 0 Å². The third kappa shape index (κ3) is 5.16. The van der Waals surface area contributed by atoms with E-state index in [1.165, 1.54) is 18.2 Å². The van der Waals surface area contributed by atoms with Crippen LogP contribution < -0.4 is 10.1 Å². The predicted octanol–water partition coefficient (Wildman–Crippen LogP) is 4.40. The van der Waals surface area contributed by atoms with Gasteiger partial charge in [-0.2, -0.15) is 5.26 Å². The predicted molar refractivity (Wildman–Crippen MR) is 114 cm³/mol. The van der Waals surface area contributed by atoms with Crippen molar-refractivity contribution in [1.82, 2.24) is 5.32 Å². The molecule has 0 fully saturated rings. The number of benzene rings is 2. The number of nitro groups is 1. The SMILES string of the molecule is COc1ccc(CNC(=O)/C(C#N)=C\c2ccc(-c3cc([N+](=O)[O-])ccc3C)o2)cc1. The lowest BCUT2D eigenvalue weighted by Gasteiger charge is -2.05. The van der Waals surface area contributed by atoms with Gasteiger partial charge < -0.3 is 14.5 Å². The normalized spacial score (nSPS) is 10.9. The molecule has 0 aliphatic carbocycles. The number of nitrogens with zero attached hydrogens (tertiary/aromatic N) is 2. The number of hydrogen-bond acceptors (Lipinski definition) is 6. The van der Waals surface area contributed by atoms with Gasteiger partial charge in [-0.05, 0) is 42.3 Å². The summed E-state index contributed by atoms with van der Waals surface area (Å²) in [4.78, 5) is 22.9. The molecule has 156 valence electrons.